The Morgan fingerprint density at radius 1 is 0.946 bits per heavy atom. The van der Waals surface area contributed by atoms with Crippen LogP contribution in [0.4, 0.5) is 11.6 Å². The second-order valence-electron chi connectivity index (χ2n) is 9.72. The number of hydrogen-bond donors (Lipinski definition) is 3. The first-order valence-corrected chi connectivity index (χ1v) is 13.0. The van der Waals surface area contributed by atoms with Crippen LogP contribution in [-0.2, 0) is 4.74 Å². The first kappa shape index (κ1) is 23.6. The highest BCUT2D eigenvalue weighted by Crippen LogP contribution is 2.26. The molecule has 1 aliphatic carbocycles. The van der Waals surface area contributed by atoms with E-state index in [0.29, 0.717) is 17.7 Å². The van der Waals surface area contributed by atoms with E-state index in [-0.39, 0.29) is 11.9 Å². The number of hydrogen-bond acceptors (Lipinski definition) is 7. The Labute approximate surface area is 215 Å². The molecule has 9 heteroatoms. The van der Waals surface area contributed by atoms with E-state index in [0.717, 1.165) is 80.0 Å². The Morgan fingerprint density at radius 2 is 1.81 bits per heavy atom. The molecule has 1 saturated carbocycles. The molecule has 37 heavy (non-hydrogen) atoms. The standard InChI is InChI=1S/C28H31N7O2/c36-27(31-20-4-7-22(8-5-20)35-13-15-37-16-14-35)26-18-19-17-21(6-9-23(19)33-26)32-28-30-12-10-25(34-28)24-3-1-2-11-29-24/h1-3,6,9-12,17-18,20,22,33H,4-5,7-8,13-16H2,(H,31,36)(H,30,32,34)/t20-,22-. The number of carbonyl (C=O) groups excluding carboxylic acids is 1. The number of amides is 1. The molecule has 0 spiro atoms. The molecule has 3 aromatic heterocycles. The number of anilines is 2. The zero-order chi connectivity index (χ0) is 25.0. The average Bonchev–Trinajstić information content (AvgIpc) is 3.38. The third-order valence-corrected chi connectivity index (χ3v) is 7.30. The van der Waals surface area contributed by atoms with E-state index < -0.39 is 0 Å². The minimum Gasteiger partial charge on any atom is -0.379 e. The van der Waals surface area contributed by atoms with Crippen LogP contribution in [-0.4, -0.2) is 69.1 Å². The summed E-state index contributed by atoms with van der Waals surface area (Å²) in [6, 6.07) is 16.2. The molecule has 0 unspecified atom stereocenters. The molecule has 1 aliphatic heterocycles. The van der Waals surface area contributed by atoms with Crippen molar-refractivity contribution in [3.8, 4) is 11.4 Å². The minimum absolute atomic E-state index is 0.0491. The van der Waals surface area contributed by atoms with Crippen molar-refractivity contribution >= 4 is 28.4 Å². The van der Waals surface area contributed by atoms with E-state index in [9.17, 15) is 4.79 Å². The van der Waals surface area contributed by atoms with Crippen LogP contribution in [0.1, 0.15) is 36.2 Å². The summed E-state index contributed by atoms with van der Waals surface area (Å²) >= 11 is 0. The number of aromatic nitrogens is 4. The van der Waals surface area contributed by atoms with Gasteiger partial charge in [0.05, 0.1) is 24.6 Å². The fraction of sp³-hybridized carbons (Fsp3) is 0.357. The third-order valence-electron chi connectivity index (χ3n) is 7.30. The van der Waals surface area contributed by atoms with Gasteiger partial charge in [-0.25, -0.2) is 9.97 Å². The number of nitrogens with zero attached hydrogens (tertiary/aromatic N) is 4. The predicted molar refractivity (Wildman–Crippen MR) is 143 cm³/mol. The number of benzene rings is 1. The van der Waals surface area contributed by atoms with Gasteiger partial charge in [0.15, 0.2) is 0 Å². The molecule has 1 amide bonds. The normalized spacial score (nSPS) is 20.5. The minimum atomic E-state index is -0.0491. The fourth-order valence-corrected chi connectivity index (χ4v) is 5.33. The topological polar surface area (TPSA) is 108 Å². The summed E-state index contributed by atoms with van der Waals surface area (Å²) in [6.07, 6.45) is 7.73. The van der Waals surface area contributed by atoms with E-state index >= 15 is 0 Å². The van der Waals surface area contributed by atoms with Crippen LogP contribution in [0.2, 0.25) is 0 Å². The molecule has 6 rings (SSSR count). The van der Waals surface area contributed by atoms with Crippen molar-refractivity contribution in [2.24, 2.45) is 0 Å². The summed E-state index contributed by atoms with van der Waals surface area (Å²) in [4.78, 5) is 32.1. The van der Waals surface area contributed by atoms with Gasteiger partial charge in [-0.3, -0.25) is 14.7 Å². The number of aromatic amines is 1. The summed E-state index contributed by atoms with van der Waals surface area (Å²) in [5.74, 6) is 0.440. The maximum absolute atomic E-state index is 13.0. The molecular weight excluding hydrogens is 466 g/mol. The summed E-state index contributed by atoms with van der Waals surface area (Å²) in [6.45, 7) is 3.71. The summed E-state index contributed by atoms with van der Waals surface area (Å²) in [7, 11) is 0. The fourth-order valence-electron chi connectivity index (χ4n) is 5.33. The lowest BCUT2D eigenvalue weighted by Gasteiger charge is -2.38. The molecule has 4 aromatic rings. The molecule has 9 nitrogen and oxygen atoms in total. The quantitative estimate of drug-likeness (QED) is 0.367. The van der Waals surface area contributed by atoms with Gasteiger partial charge in [0, 0.05) is 54.2 Å². The Kier molecular flexibility index (Phi) is 6.79. The molecule has 1 saturated heterocycles. The van der Waals surface area contributed by atoms with E-state index in [4.69, 9.17) is 4.74 Å². The van der Waals surface area contributed by atoms with Crippen LogP contribution in [0.3, 0.4) is 0 Å². The first-order valence-electron chi connectivity index (χ1n) is 13.0. The van der Waals surface area contributed by atoms with Crippen molar-refractivity contribution in [1.29, 1.82) is 0 Å². The lowest BCUT2D eigenvalue weighted by molar-refractivity contribution is 0.00664. The van der Waals surface area contributed by atoms with Crippen LogP contribution in [0.25, 0.3) is 22.3 Å². The number of rotatable bonds is 6. The van der Waals surface area contributed by atoms with E-state index in [1.807, 2.05) is 48.5 Å². The van der Waals surface area contributed by atoms with Crippen molar-refractivity contribution in [2.45, 2.75) is 37.8 Å². The molecule has 0 bridgehead atoms. The number of nitrogens with one attached hydrogen (secondary N) is 3. The summed E-state index contributed by atoms with van der Waals surface area (Å²) in [5, 5.41) is 7.46. The van der Waals surface area contributed by atoms with Gasteiger partial charge in [-0.1, -0.05) is 6.07 Å². The van der Waals surface area contributed by atoms with Crippen LogP contribution in [0.5, 0.6) is 0 Å². The van der Waals surface area contributed by atoms with Crippen LogP contribution < -0.4 is 10.6 Å². The highest BCUT2D eigenvalue weighted by Gasteiger charge is 2.28. The van der Waals surface area contributed by atoms with Crippen molar-refractivity contribution < 1.29 is 9.53 Å². The molecule has 2 fully saturated rings. The van der Waals surface area contributed by atoms with Crippen molar-refractivity contribution in [1.82, 2.24) is 30.2 Å². The average molecular weight is 498 g/mol. The Hall–Kier alpha value is -3.82. The second-order valence-corrected chi connectivity index (χ2v) is 9.72. The summed E-state index contributed by atoms with van der Waals surface area (Å²) < 4.78 is 5.48. The number of ether oxygens (including phenoxy) is 1. The van der Waals surface area contributed by atoms with Gasteiger partial charge in [0.1, 0.15) is 5.69 Å². The summed E-state index contributed by atoms with van der Waals surface area (Å²) in [5.41, 5.74) is 3.88. The van der Waals surface area contributed by atoms with Crippen LogP contribution in [0, 0.1) is 0 Å². The monoisotopic (exact) mass is 497 g/mol. The predicted octanol–water partition coefficient (Wildman–Crippen LogP) is 4.14. The third kappa shape index (κ3) is 5.47. The molecule has 1 aromatic carbocycles. The highest BCUT2D eigenvalue weighted by atomic mass is 16.5. The molecule has 190 valence electrons. The molecule has 4 heterocycles. The van der Waals surface area contributed by atoms with E-state index in [2.05, 4.69) is 35.5 Å². The molecular formula is C28H31N7O2. The maximum atomic E-state index is 13.0. The van der Waals surface area contributed by atoms with Crippen molar-refractivity contribution in [3.63, 3.8) is 0 Å². The van der Waals surface area contributed by atoms with Gasteiger partial charge < -0.3 is 20.4 Å². The van der Waals surface area contributed by atoms with Gasteiger partial charge in [-0.05, 0) is 68.1 Å². The van der Waals surface area contributed by atoms with Gasteiger partial charge in [0.2, 0.25) is 5.95 Å². The van der Waals surface area contributed by atoms with Gasteiger partial charge in [0.25, 0.3) is 5.91 Å². The molecule has 0 atom stereocenters. The molecule has 0 radical (unpaired) electrons. The number of morpholine rings is 1. The van der Waals surface area contributed by atoms with Gasteiger partial charge in [-0.2, -0.15) is 0 Å². The molecule has 3 N–H and O–H groups in total. The number of carbonyl (C=O) groups is 1. The second kappa shape index (κ2) is 10.7. The SMILES string of the molecule is O=C(N[C@H]1CC[C@H](N2CCOCC2)CC1)c1cc2cc(Nc3nccc(-c4ccccn4)n3)ccc2[nH]1. The van der Waals surface area contributed by atoms with Crippen molar-refractivity contribution in [3.05, 3.63) is 66.6 Å². The lowest BCUT2D eigenvalue weighted by Crippen LogP contribution is -2.47. The maximum Gasteiger partial charge on any atom is 0.267 e. The zero-order valence-electron chi connectivity index (χ0n) is 20.7. The smallest absolute Gasteiger partial charge is 0.267 e. The van der Waals surface area contributed by atoms with Gasteiger partial charge >= 0.3 is 0 Å². The largest absolute Gasteiger partial charge is 0.379 e. The van der Waals surface area contributed by atoms with Crippen LogP contribution in [0.15, 0.2) is 60.9 Å². The van der Waals surface area contributed by atoms with Gasteiger partial charge in [-0.15, -0.1) is 0 Å². The first-order chi connectivity index (χ1) is 18.2. The van der Waals surface area contributed by atoms with E-state index in [1.54, 1.807) is 12.4 Å². The highest BCUT2D eigenvalue weighted by molar-refractivity contribution is 5.98. The lowest BCUT2D eigenvalue weighted by atomic mass is 9.90. The Morgan fingerprint density at radius 3 is 2.62 bits per heavy atom. The zero-order valence-corrected chi connectivity index (χ0v) is 20.7. The Balaban J connectivity index is 1.09. The van der Waals surface area contributed by atoms with Crippen LogP contribution >= 0.6 is 0 Å². The Bertz CT molecular complexity index is 1360. The van der Waals surface area contributed by atoms with Crippen molar-refractivity contribution in [2.75, 3.05) is 31.6 Å². The number of fused-ring (bicyclic) bond motifs is 1. The number of H-pyrrole nitrogens is 1. The molecule has 2 aliphatic rings. The van der Waals surface area contributed by atoms with E-state index in [1.165, 1.54) is 0 Å². The number of pyridine rings is 1.